The van der Waals surface area contributed by atoms with Crippen LogP contribution in [0.4, 0.5) is 5.69 Å². The summed E-state index contributed by atoms with van der Waals surface area (Å²) in [6.07, 6.45) is 3.55. The molecule has 0 aliphatic carbocycles. The molecule has 184 valence electrons. The fourth-order valence-electron chi connectivity index (χ4n) is 4.77. The fourth-order valence-corrected chi connectivity index (χ4v) is 4.77. The maximum absolute atomic E-state index is 13.2. The highest BCUT2D eigenvalue weighted by atomic mass is 16.2. The lowest BCUT2D eigenvalue weighted by Gasteiger charge is -2.07. The Morgan fingerprint density at radius 3 is 2.34 bits per heavy atom. The van der Waals surface area contributed by atoms with Crippen molar-refractivity contribution in [2.24, 2.45) is 0 Å². The quantitative estimate of drug-likeness (QED) is 0.228. The van der Waals surface area contributed by atoms with Crippen LogP contribution in [0.15, 0.2) is 122 Å². The zero-order chi connectivity index (χ0) is 25.9. The lowest BCUT2D eigenvalue weighted by molar-refractivity contribution is -0.657. The van der Waals surface area contributed by atoms with E-state index in [1.54, 1.807) is 6.20 Å². The van der Waals surface area contributed by atoms with Gasteiger partial charge in [0.05, 0.1) is 11.2 Å². The minimum atomic E-state index is -0.168. The maximum atomic E-state index is 13.2. The zero-order valence-electron chi connectivity index (χ0n) is 20.6. The number of rotatable bonds is 7. The van der Waals surface area contributed by atoms with Crippen molar-refractivity contribution in [2.75, 3.05) is 5.32 Å². The van der Waals surface area contributed by atoms with E-state index in [9.17, 15) is 9.59 Å². The number of para-hydroxylation sites is 3. The smallest absolute Gasteiger partial charge is 0.266 e. The molecule has 4 aromatic carbocycles. The molecule has 0 bridgehead atoms. The largest absolute Gasteiger partial charge is 0.321 e. The number of carbonyl (C=O) groups is 2. The van der Waals surface area contributed by atoms with Crippen LogP contribution in [-0.4, -0.2) is 21.2 Å². The van der Waals surface area contributed by atoms with E-state index in [1.807, 2.05) is 113 Å². The van der Waals surface area contributed by atoms with Crippen LogP contribution in [0.25, 0.3) is 33.1 Å². The zero-order valence-corrected chi connectivity index (χ0v) is 20.6. The molecule has 6 rings (SSSR count). The van der Waals surface area contributed by atoms with Gasteiger partial charge in [0, 0.05) is 17.1 Å². The average molecular weight is 498 g/mol. The number of imidazole rings is 1. The molecule has 6 nitrogen and oxygen atoms in total. The number of hydrogen-bond acceptors (Lipinski definition) is 3. The van der Waals surface area contributed by atoms with Crippen molar-refractivity contribution in [1.29, 1.82) is 0 Å². The molecule has 6 aromatic rings. The van der Waals surface area contributed by atoms with Crippen LogP contribution >= 0.6 is 0 Å². The number of fused-ring (bicyclic) bond motifs is 2. The molecule has 0 aliphatic heterocycles. The van der Waals surface area contributed by atoms with Gasteiger partial charge in [0.1, 0.15) is 0 Å². The number of nitrogens with zero attached hydrogens (tertiary/aromatic N) is 3. The number of hydrogen-bond donors (Lipinski definition) is 1. The van der Waals surface area contributed by atoms with E-state index in [0.717, 1.165) is 33.1 Å². The minimum absolute atomic E-state index is 0.00351. The summed E-state index contributed by atoms with van der Waals surface area (Å²) in [4.78, 5) is 30.6. The SMILES string of the molecule is O=C(Cn1c[n+](CC(=O)c2ccc(-c3ccccc3)cc2)c2ccccc21)Nc1cccc2cccnc12. The monoisotopic (exact) mass is 497 g/mol. The molecule has 0 radical (unpaired) electrons. The van der Waals surface area contributed by atoms with Crippen LogP contribution in [0, 0.1) is 0 Å². The van der Waals surface area contributed by atoms with Crippen molar-refractivity contribution < 1.29 is 14.2 Å². The van der Waals surface area contributed by atoms with Crippen molar-refractivity contribution in [1.82, 2.24) is 9.55 Å². The van der Waals surface area contributed by atoms with Crippen molar-refractivity contribution in [2.45, 2.75) is 13.1 Å². The second kappa shape index (κ2) is 10.1. The van der Waals surface area contributed by atoms with Gasteiger partial charge in [-0.3, -0.25) is 14.6 Å². The molecule has 2 aromatic heterocycles. The minimum Gasteiger partial charge on any atom is -0.321 e. The van der Waals surface area contributed by atoms with Crippen molar-refractivity contribution >= 4 is 39.3 Å². The van der Waals surface area contributed by atoms with Crippen LogP contribution in [0.2, 0.25) is 0 Å². The summed E-state index contributed by atoms with van der Waals surface area (Å²) in [6, 6.07) is 35.1. The third-order valence-electron chi connectivity index (χ3n) is 6.63. The molecule has 1 N–H and O–H groups in total. The van der Waals surface area contributed by atoms with Crippen molar-refractivity contribution in [3.05, 3.63) is 127 Å². The number of Topliss-reactive ketones (excluding diaryl/α,β-unsaturated/α-hetero) is 1. The van der Waals surface area contributed by atoms with E-state index in [-0.39, 0.29) is 24.8 Å². The molecule has 0 unspecified atom stereocenters. The number of amides is 1. The van der Waals surface area contributed by atoms with Crippen molar-refractivity contribution in [3.8, 4) is 11.1 Å². The van der Waals surface area contributed by atoms with E-state index in [0.29, 0.717) is 11.3 Å². The fraction of sp³-hybridized carbons (Fsp3) is 0.0625. The first-order valence-corrected chi connectivity index (χ1v) is 12.5. The highest BCUT2D eigenvalue weighted by Crippen LogP contribution is 2.22. The Kier molecular flexibility index (Phi) is 6.20. The molecule has 0 atom stereocenters. The van der Waals surface area contributed by atoms with Gasteiger partial charge in [-0.25, -0.2) is 9.13 Å². The predicted molar refractivity (Wildman–Crippen MR) is 149 cm³/mol. The number of carbonyl (C=O) groups excluding carboxylic acids is 2. The van der Waals surface area contributed by atoms with Crippen LogP contribution in [0.1, 0.15) is 10.4 Å². The Bertz CT molecular complexity index is 1770. The van der Waals surface area contributed by atoms with Crippen LogP contribution in [-0.2, 0) is 17.9 Å². The molecule has 2 heterocycles. The molecule has 0 aliphatic rings. The Morgan fingerprint density at radius 1 is 0.763 bits per heavy atom. The van der Waals surface area contributed by atoms with E-state index >= 15 is 0 Å². The summed E-state index contributed by atoms with van der Waals surface area (Å²) in [7, 11) is 0. The molecular weight excluding hydrogens is 472 g/mol. The van der Waals surface area contributed by atoms with Gasteiger partial charge in [0.2, 0.25) is 12.1 Å². The number of aromatic nitrogens is 3. The molecule has 0 spiro atoms. The molecule has 6 heteroatoms. The second-order valence-corrected chi connectivity index (χ2v) is 9.16. The van der Waals surface area contributed by atoms with Gasteiger partial charge in [-0.1, -0.05) is 84.9 Å². The van der Waals surface area contributed by atoms with Gasteiger partial charge in [-0.15, -0.1) is 0 Å². The molecule has 1 amide bonds. The van der Waals surface area contributed by atoms with Gasteiger partial charge < -0.3 is 5.32 Å². The summed E-state index contributed by atoms with van der Waals surface area (Å²) in [5, 5.41) is 3.96. The predicted octanol–water partition coefficient (Wildman–Crippen LogP) is 5.67. The third kappa shape index (κ3) is 4.67. The van der Waals surface area contributed by atoms with E-state index < -0.39 is 0 Å². The second-order valence-electron chi connectivity index (χ2n) is 9.16. The highest BCUT2D eigenvalue weighted by molar-refractivity contribution is 6.00. The van der Waals surface area contributed by atoms with Crippen molar-refractivity contribution in [3.63, 3.8) is 0 Å². The van der Waals surface area contributed by atoms with Gasteiger partial charge in [0.25, 0.3) is 5.91 Å². The number of anilines is 1. The number of pyridine rings is 1. The van der Waals surface area contributed by atoms with Crippen LogP contribution < -0.4 is 9.88 Å². The van der Waals surface area contributed by atoms with E-state index in [1.165, 1.54) is 0 Å². The van der Waals surface area contributed by atoms with Gasteiger partial charge in [-0.05, 0) is 35.4 Å². The number of benzene rings is 4. The van der Waals surface area contributed by atoms with Gasteiger partial charge >= 0.3 is 0 Å². The number of ketones is 1. The Morgan fingerprint density at radius 2 is 1.50 bits per heavy atom. The lowest BCUT2D eigenvalue weighted by atomic mass is 10.0. The first-order chi connectivity index (χ1) is 18.7. The summed E-state index contributed by atoms with van der Waals surface area (Å²) in [6.45, 7) is 0.282. The van der Waals surface area contributed by atoms with E-state index in [4.69, 9.17) is 0 Å². The standard InChI is InChI=1S/C32H24N4O2/c37-30(25-17-15-24(16-18-25)23-8-2-1-3-9-23)20-35-22-36(29-14-5-4-13-28(29)35)21-31(38)34-27-12-6-10-26-11-7-19-33-32(26)27/h1-19,22H,20-21H2/p+1. The summed E-state index contributed by atoms with van der Waals surface area (Å²) in [5.74, 6) is -0.164. The summed E-state index contributed by atoms with van der Waals surface area (Å²) in [5.41, 5.74) is 6.02. The molecule has 0 saturated carbocycles. The Balaban J connectivity index is 1.22. The summed E-state index contributed by atoms with van der Waals surface area (Å²) >= 11 is 0. The molecule has 0 saturated heterocycles. The average Bonchev–Trinajstić information content (AvgIpc) is 3.30. The Hall–Kier alpha value is -5.10. The number of nitrogens with one attached hydrogen (secondary N) is 1. The molecule has 0 fully saturated rings. The first kappa shape index (κ1) is 23.3. The van der Waals surface area contributed by atoms with Crippen LogP contribution in [0.3, 0.4) is 0 Å². The first-order valence-electron chi connectivity index (χ1n) is 12.5. The maximum Gasteiger partial charge on any atom is 0.266 e. The lowest BCUT2D eigenvalue weighted by Crippen LogP contribution is -2.37. The molecule has 38 heavy (non-hydrogen) atoms. The molecular formula is C32H25N4O2+. The van der Waals surface area contributed by atoms with E-state index in [2.05, 4.69) is 22.4 Å². The third-order valence-corrected chi connectivity index (χ3v) is 6.63. The van der Waals surface area contributed by atoms with Gasteiger partial charge in [0.15, 0.2) is 24.1 Å². The van der Waals surface area contributed by atoms with Gasteiger partial charge in [-0.2, -0.15) is 0 Å². The summed E-state index contributed by atoms with van der Waals surface area (Å²) < 4.78 is 3.77. The topological polar surface area (TPSA) is 67.9 Å². The highest BCUT2D eigenvalue weighted by Gasteiger charge is 2.21. The normalized spacial score (nSPS) is 11.1. The Labute approximate surface area is 219 Å². The van der Waals surface area contributed by atoms with Crippen LogP contribution in [0.5, 0.6) is 0 Å².